The molecule has 0 spiro atoms. The number of ether oxygens (including phenoxy) is 1. The van der Waals surface area contributed by atoms with E-state index in [0.717, 1.165) is 34.6 Å². The van der Waals surface area contributed by atoms with E-state index in [1.54, 1.807) is 0 Å². The number of fused-ring (bicyclic) bond motifs is 1. The third kappa shape index (κ3) is 19.1. The molecule has 238 valence electrons. The van der Waals surface area contributed by atoms with Gasteiger partial charge in [-0.25, -0.2) is 4.98 Å². The van der Waals surface area contributed by atoms with Gasteiger partial charge in [-0.2, -0.15) is 0 Å². The van der Waals surface area contributed by atoms with Crippen LogP contribution in [-0.2, 0) is 28.7 Å². The summed E-state index contributed by atoms with van der Waals surface area (Å²) in [6.07, 6.45) is -3.59. The molecule has 0 aromatic carbocycles. The van der Waals surface area contributed by atoms with Crippen molar-refractivity contribution >= 4 is 52.8 Å². The number of nitrogens with two attached hydrogens (primary N) is 1. The van der Waals surface area contributed by atoms with Gasteiger partial charge in [0.2, 0.25) is 11.5 Å². The summed E-state index contributed by atoms with van der Waals surface area (Å²) in [6, 6.07) is 0. The second-order valence-corrected chi connectivity index (χ2v) is 7.31. The largest absolute Gasteiger partial charge is 0.481 e. The summed E-state index contributed by atoms with van der Waals surface area (Å²) < 4.78 is 6.53. The van der Waals surface area contributed by atoms with Gasteiger partial charge in [0, 0.05) is 34.6 Å². The minimum absolute atomic E-state index is 0.0194. The Balaban J connectivity index is -0.000000622. The molecular weight excluding hydrogens is 580 g/mol. The summed E-state index contributed by atoms with van der Waals surface area (Å²) in [5, 5.41) is 76.7. The number of carbonyl (C=O) groups is 5. The van der Waals surface area contributed by atoms with E-state index in [4.69, 9.17) is 65.1 Å². The van der Waals surface area contributed by atoms with Crippen molar-refractivity contribution in [1.82, 2.24) is 19.5 Å². The maximum Gasteiger partial charge on any atom is 0.473 e. The van der Waals surface area contributed by atoms with Crippen LogP contribution in [0.25, 0.3) is 11.2 Å². The van der Waals surface area contributed by atoms with Gasteiger partial charge in [0.25, 0.3) is 29.8 Å². The van der Waals surface area contributed by atoms with Crippen molar-refractivity contribution in [2.75, 3.05) is 12.3 Å². The average molecular weight is 613 g/mol. The molecule has 0 saturated carbocycles. The first kappa shape index (κ1) is 41.4. The number of carboxylic acid groups (broad SMARTS) is 5. The first-order chi connectivity index (χ1) is 19.1. The van der Waals surface area contributed by atoms with Gasteiger partial charge in [-0.3, -0.25) is 28.5 Å². The molecule has 10 N–H and O–H groups in total. The maximum atomic E-state index is 10.8. The monoisotopic (exact) mass is 612 g/mol. The van der Waals surface area contributed by atoms with Crippen LogP contribution in [0.1, 0.15) is 40.8 Å². The molecule has 22 nitrogen and oxygen atoms in total. The third-order valence-electron chi connectivity index (χ3n) is 3.39. The van der Waals surface area contributed by atoms with E-state index in [2.05, 4.69) is 15.0 Å². The Morgan fingerprint density at radius 1 is 0.881 bits per heavy atom. The van der Waals surface area contributed by atoms with E-state index >= 15 is 0 Å². The molecule has 2 aromatic heterocycles. The number of aliphatic hydroxyl groups is 3. The van der Waals surface area contributed by atoms with E-state index < -0.39 is 71.9 Å². The van der Waals surface area contributed by atoms with Crippen molar-refractivity contribution in [3.05, 3.63) is 16.4 Å². The van der Waals surface area contributed by atoms with Crippen molar-refractivity contribution in [2.45, 2.75) is 59.2 Å². The summed E-state index contributed by atoms with van der Waals surface area (Å²) in [6.45, 7) is 4.92. The number of aromatic nitrogens is 4. The number of imidazole rings is 1. The van der Waals surface area contributed by atoms with Crippen molar-refractivity contribution in [3.8, 4) is 0 Å². The number of anilines is 1. The fraction of sp³-hybridized carbons (Fsp3) is 0.500. The highest BCUT2D eigenvalue weighted by atomic mass is 16.6. The first-order valence-corrected chi connectivity index (χ1v) is 10.8. The SMILES string of the molecule is CC(=O)O.CC(=O)O.CC(=O)O.CC(=O)O.CC(=O)O.Nc1nc([N+](=O)[O-])nc2c1ncn2[C@@H]1O[C@H](CO)[C@@H](O)[C@H]1O. The molecule has 1 saturated heterocycles. The second-order valence-electron chi connectivity index (χ2n) is 7.31. The van der Waals surface area contributed by atoms with Crippen LogP contribution in [0.2, 0.25) is 0 Å². The lowest BCUT2D eigenvalue weighted by Gasteiger charge is -2.15. The highest BCUT2D eigenvalue weighted by molar-refractivity contribution is 5.82. The second kappa shape index (κ2) is 20.8. The van der Waals surface area contributed by atoms with E-state index in [9.17, 15) is 20.3 Å². The number of nitrogens with zero attached hydrogens (tertiary/aromatic N) is 5. The van der Waals surface area contributed by atoms with Crippen LogP contribution in [0, 0.1) is 10.1 Å². The minimum atomic E-state index is -1.37. The summed E-state index contributed by atoms with van der Waals surface area (Å²) in [4.78, 5) is 66.2. The lowest BCUT2D eigenvalue weighted by atomic mass is 10.1. The topological polar surface area (TPSA) is 369 Å². The Bertz CT molecular complexity index is 1110. The van der Waals surface area contributed by atoms with Crippen molar-refractivity contribution in [2.24, 2.45) is 0 Å². The lowest BCUT2D eigenvalue weighted by Crippen LogP contribution is -2.33. The summed E-state index contributed by atoms with van der Waals surface area (Å²) in [5.74, 6) is -5.08. The Morgan fingerprint density at radius 3 is 1.57 bits per heavy atom. The molecule has 2 aromatic rings. The van der Waals surface area contributed by atoms with Crippen LogP contribution in [0.15, 0.2) is 6.33 Å². The van der Waals surface area contributed by atoms with Gasteiger partial charge in [0.1, 0.15) is 24.6 Å². The van der Waals surface area contributed by atoms with E-state index in [1.165, 1.54) is 10.9 Å². The molecule has 0 radical (unpaired) electrons. The van der Waals surface area contributed by atoms with Crippen LogP contribution in [0.3, 0.4) is 0 Å². The minimum Gasteiger partial charge on any atom is -0.481 e. The molecular formula is C20H32N6O16. The van der Waals surface area contributed by atoms with Gasteiger partial charge in [-0.15, -0.1) is 0 Å². The van der Waals surface area contributed by atoms with E-state index in [1.807, 2.05) is 0 Å². The highest BCUT2D eigenvalue weighted by Crippen LogP contribution is 2.32. The van der Waals surface area contributed by atoms with Crippen LogP contribution < -0.4 is 5.73 Å². The summed E-state index contributed by atoms with van der Waals surface area (Å²) >= 11 is 0. The van der Waals surface area contributed by atoms with Gasteiger partial charge in [-0.05, 0) is 14.9 Å². The van der Waals surface area contributed by atoms with Crippen molar-refractivity contribution < 1.29 is 74.5 Å². The van der Waals surface area contributed by atoms with Gasteiger partial charge < -0.3 is 61.4 Å². The molecule has 0 amide bonds. The zero-order valence-corrected chi connectivity index (χ0v) is 22.8. The standard InChI is InChI=1S/C10H12N6O6.5C2H4O2/c11-7-4-8(14-10(13-7)16(20)21)15(2-12-4)9-6(19)5(18)3(1-17)22-9;5*1-2(3)4/h2-3,5-6,9,17-19H,1H2,(H2,11,13,14);5*1H3,(H,3,4)/t3-,5-,6-,9-;;;;;/m1...../s1. The predicted octanol–water partition coefficient (Wildman–Crippen LogP) is -1.62. The zero-order valence-electron chi connectivity index (χ0n) is 22.8. The lowest BCUT2D eigenvalue weighted by molar-refractivity contribution is -0.394. The number of nitrogen functional groups attached to an aromatic ring is 1. The first-order valence-electron chi connectivity index (χ1n) is 10.8. The highest BCUT2D eigenvalue weighted by Gasteiger charge is 2.44. The fourth-order valence-electron chi connectivity index (χ4n) is 2.30. The van der Waals surface area contributed by atoms with Crippen LogP contribution in [0.4, 0.5) is 11.8 Å². The molecule has 3 heterocycles. The molecule has 1 fully saturated rings. The number of rotatable bonds is 3. The third-order valence-corrected chi connectivity index (χ3v) is 3.39. The smallest absolute Gasteiger partial charge is 0.473 e. The Hall–Kier alpha value is -5.06. The van der Waals surface area contributed by atoms with Crippen LogP contribution in [-0.4, -0.2) is 120 Å². The maximum absolute atomic E-state index is 10.8. The van der Waals surface area contributed by atoms with E-state index in [-0.39, 0.29) is 17.0 Å². The van der Waals surface area contributed by atoms with Gasteiger partial charge in [-0.1, -0.05) is 0 Å². The molecule has 4 atom stereocenters. The predicted molar refractivity (Wildman–Crippen MR) is 136 cm³/mol. The van der Waals surface area contributed by atoms with Crippen LogP contribution >= 0.6 is 0 Å². The number of carboxylic acids is 5. The molecule has 1 aliphatic rings. The Morgan fingerprint density at radius 2 is 1.26 bits per heavy atom. The van der Waals surface area contributed by atoms with Gasteiger partial charge >= 0.3 is 5.95 Å². The average Bonchev–Trinajstić information content (AvgIpc) is 3.33. The van der Waals surface area contributed by atoms with Crippen molar-refractivity contribution in [1.29, 1.82) is 0 Å². The number of aliphatic hydroxyl groups excluding tert-OH is 3. The van der Waals surface area contributed by atoms with Gasteiger partial charge in [0.15, 0.2) is 11.7 Å². The quantitative estimate of drug-likeness (QED) is 0.139. The Labute approximate surface area is 235 Å². The zero-order chi connectivity index (χ0) is 33.9. The normalized spacial score (nSPS) is 17.8. The van der Waals surface area contributed by atoms with E-state index in [0.29, 0.717) is 0 Å². The molecule has 0 aliphatic carbocycles. The molecule has 22 heteroatoms. The number of hydrogen-bond acceptors (Lipinski definition) is 15. The Kier molecular flexibility index (Phi) is 20.5. The molecule has 3 rings (SSSR count). The summed E-state index contributed by atoms with van der Waals surface area (Å²) in [5.41, 5.74) is 5.68. The van der Waals surface area contributed by atoms with Gasteiger partial charge in [0.05, 0.1) is 6.61 Å². The van der Waals surface area contributed by atoms with Crippen LogP contribution in [0.5, 0.6) is 0 Å². The number of nitro groups is 1. The van der Waals surface area contributed by atoms with Crippen molar-refractivity contribution in [3.63, 3.8) is 0 Å². The molecule has 42 heavy (non-hydrogen) atoms. The summed E-state index contributed by atoms with van der Waals surface area (Å²) in [7, 11) is 0. The fourth-order valence-corrected chi connectivity index (χ4v) is 2.30. The number of aliphatic carboxylic acids is 5. The number of hydrogen-bond donors (Lipinski definition) is 9. The molecule has 0 bridgehead atoms. The molecule has 0 unspecified atom stereocenters. The molecule has 1 aliphatic heterocycles.